The van der Waals surface area contributed by atoms with E-state index in [2.05, 4.69) is 46.4 Å². The number of allylic oxidation sites excluding steroid dienone is 5. The highest BCUT2D eigenvalue weighted by Gasteiger charge is 2.07. The molecule has 1 unspecified atom stereocenters. The highest BCUT2D eigenvalue weighted by Crippen LogP contribution is 2.23. The second kappa shape index (κ2) is 15.2. The van der Waals surface area contributed by atoms with Crippen molar-refractivity contribution in [1.29, 1.82) is 0 Å². The molecule has 0 saturated heterocycles. The van der Waals surface area contributed by atoms with Crippen molar-refractivity contribution in [2.75, 3.05) is 0 Å². The molecular formula is C17H34. The molecule has 0 heterocycles. The fourth-order valence-electron chi connectivity index (χ4n) is 1.30. The summed E-state index contributed by atoms with van der Waals surface area (Å²) in [6, 6.07) is 0. The van der Waals surface area contributed by atoms with Crippen LogP contribution in [0.2, 0.25) is 0 Å². The Morgan fingerprint density at radius 1 is 1.12 bits per heavy atom. The van der Waals surface area contributed by atoms with E-state index in [0.717, 1.165) is 5.57 Å². The average Bonchev–Trinajstić information content (AvgIpc) is 2.38. The van der Waals surface area contributed by atoms with Crippen LogP contribution in [0.3, 0.4) is 0 Å². The molecule has 0 spiro atoms. The summed E-state index contributed by atoms with van der Waals surface area (Å²) in [7, 11) is 0. The maximum Gasteiger partial charge on any atom is -0.0190 e. The summed E-state index contributed by atoms with van der Waals surface area (Å²) < 4.78 is 0. The Hall–Kier alpha value is -0.780. The fraction of sp³-hybridized carbons (Fsp3) is 0.647. The lowest BCUT2D eigenvalue weighted by molar-refractivity contribution is 0.661. The average molecular weight is 238 g/mol. The third-order valence-electron chi connectivity index (χ3n) is 2.43. The predicted octanol–water partition coefficient (Wildman–Crippen LogP) is 6.55. The molecule has 0 nitrogen and oxygen atoms in total. The van der Waals surface area contributed by atoms with Crippen molar-refractivity contribution in [2.45, 2.75) is 68.7 Å². The van der Waals surface area contributed by atoms with Gasteiger partial charge in [-0.1, -0.05) is 71.4 Å². The summed E-state index contributed by atoms with van der Waals surface area (Å²) in [5.74, 6) is 0.632. The molecule has 0 amide bonds. The molecule has 0 heteroatoms. The first-order valence-corrected chi connectivity index (χ1v) is 7.03. The molecule has 0 aliphatic carbocycles. The minimum Gasteiger partial charge on any atom is -0.0961 e. The second-order valence-corrected chi connectivity index (χ2v) is 3.73. The summed E-state index contributed by atoms with van der Waals surface area (Å²) >= 11 is 0. The Labute approximate surface area is 111 Å². The van der Waals surface area contributed by atoms with Gasteiger partial charge in [0.1, 0.15) is 0 Å². The van der Waals surface area contributed by atoms with Gasteiger partial charge >= 0.3 is 0 Å². The van der Waals surface area contributed by atoms with Crippen molar-refractivity contribution in [3.05, 3.63) is 35.5 Å². The Bertz CT molecular complexity index is 228. The molecule has 0 bridgehead atoms. The molecule has 102 valence electrons. The predicted molar refractivity (Wildman–Crippen MR) is 84.5 cm³/mol. The van der Waals surface area contributed by atoms with Crippen LogP contribution >= 0.6 is 0 Å². The van der Waals surface area contributed by atoms with E-state index in [1.807, 2.05) is 34.6 Å². The maximum atomic E-state index is 3.92. The molecule has 0 saturated carbocycles. The Morgan fingerprint density at radius 3 is 1.76 bits per heavy atom. The lowest BCUT2D eigenvalue weighted by Gasteiger charge is -2.15. The van der Waals surface area contributed by atoms with Gasteiger partial charge in [-0.15, -0.1) is 0 Å². The first-order chi connectivity index (χ1) is 8.02. The van der Waals surface area contributed by atoms with Crippen LogP contribution in [0.1, 0.15) is 68.7 Å². The fourth-order valence-corrected chi connectivity index (χ4v) is 1.30. The molecule has 0 aliphatic rings. The first kappa shape index (κ1) is 21.5. The van der Waals surface area contributed by atoms with Gasteiger partial charge in [0.15, 0.2) is 0 Å². The quantitative estimate of drug-likeness (QED) is 0.487. The monoisotopic (exact) mass is 238 g/mol. The number of hydrogen-bond acceptors (Lipinski definition) is 0. The lowest BCUT2D eigenvalue weighted by atomic mass is 9.91. The van der Waals surface area contributed by atoms with Gasteiger partial charge in [-0.3, -0.25) is 0 Å². The van der Waals surface area contributed by atoms with Gasteiger partial charge in [-0.2, -0.15) is 0 Å². The molecule has 0 rings (SSSR count). The van der Waals surface area contributed by atoms with Gasteiger partial charge in [0.05, 0.1) is 0 Å². The van der Waals surface area contributed by atoms with Crippen LogP contribution in [0.4, 0.5) is 0 Å². The third-order valence-corrected chi connectivity index (χ3v) is 2.43. The van der Waals surface area contributed by atoms with Crippen molar-refractivity contribution in [1.82, 2.24) is 0 Å². The normalized spacial score (nSPS) is 12.8. The van der Waals surface area contributed by atoms with Crippen molar-refractivity contribution < 1.29 is 0 Å². The maximum absolute atomic E-state index is 3.92. The lowest BCUT2D eigenvalue weighted by Crippen LogP contribution is -1.99. The highest BCUT2D eigenvalue weighted by atomic mass is 14.1. The summed E-state index contributed by atoms with van der Waals surface area (Å²) in [5.41, 5.74) is 3.94. The van der Waals surface area contributed by atoms with Crippen LogP contribution in [-0.2, 0) is 0 Å². The van der Waals surface area contributed by atoms with E-state index in [1.54, 1.807) is 0 Å². The van der Waals surface area contributed by atoms with Gasteiger partial charge < -0.3 is 0 Å². The Kier molecular flexibility index (Phi) is 19.2. The minimum atomic E-state index is 0.632. The number of hydrogen-bond donors (Lipinski definition) is 0. The van der Waals surface area contributed by atoms with Gasteiger partial charge in [0, 0.05) is 0 Å². The van der Waals surface area contributed by atoms with Crippen molar-refractivity contribution in [3.63, 3.8) is 0 Å². The van der Waals surface area contributed by atoms with E-state index in [-0.39, 0.29) is 0 Å². The van der Waals surface area contributed by atoms with Crippen LogP contribution in [0.25, 0.3) is 0 Å². The highest BCUT2D eigenvalue weighted by molar-refractivity contribution is 5.35. The smallest absolute Gasteiger partial charge is 0.0190 e. The zero-order valence-electron chi connectivity index (χ0n) is 13.6. The molecule has 0 aromatic carbocycles. The van der Waals surface area contributed by atoms with Crippen LogP contribution < -0.4 is 0 Å². The van der Waals surface area contributed by atoms with E-state index in [0.29, 0.717) is 5.92 Å². The minimum absolute atomic E-state index is 0.632. The van der Waals surface area contributed by atoms with Crippen LogP contribution in [-0.4, -0.2) is 0 Å². The van der Waals surface area contributed by atoms with Gasteiger partial charge in [0.2, 0.25) is 0 Å². The summed E-state index contributed by atoms with van der Waals surface area (Å²) in [6.45, 7) is 22.7. The molecule has 0 fully saturated rings. The Morgan fingerprint density at radius 2 is 1.53 bits per heavy atom. The van der Waals surface area contributed by atoms with E-state index < -0.39 is 0 Å². The van der Waals surface area contributed by atoms with Crippen LogP contribution in [0.5, 0.6) is 0 Å². The van der Waals surface area contributed by atoms with Crippen molar-refractivity contribution in [3.8, 4) is 0 Å². The van der Waals surface area contributed by atoms with Gasteiger partial charge in [0.25, 0.3) is 0 Å². The van der Waals surface area contributed by atoms with Crippen LogP contribution in [0, 0.1) is 5.92 Å². The van der Waals surface area contributed by atoms with E-state index in [9.17, 15) is 0 Å². The van der Waals surface area contributed by atoms with Crippen molar-refractivity contribution in [2.24, 2.45) is 5.92 Å². The molecule has 1 atom stereocenters. The molecule has 0 N–H and O–H groups in total. The van der Waals surface area contributed by atoms with Gasteiger partial charge in [-0.05, 0) is 38.7 Å². The number of rotatable bonds is 4. The summed E-state index contributed by atoms with van der Waals surface area (Å²) in [6.07, 6.45) is 5.55. The zero-order chi connectivity index (χ0) is 14.4. The summed E-state index contributed by atoms with van der Waals surface area (Å²) in [5, 5.41) is 0. The van der Waals surface area contributed by atoms with E-state index in [4.69, 9.17) is 0 Å². The summed E-state index contributed by atoms with van der Waals surface area (Å²) in [4.78, 5) is 0. The van der Waals surface area contributed by atoms with Crippen molar-refractivity contribution >= 4 is 0 Å². The third kappa shape index (κ3) is 11.5. The molecule has 0 radical (unpaired) electrons. The van der Waals surface area contributed by atoms with E-state index in [1.165, 1.54) is 17.6 Å². The first-order valence-electron chi connectivity index (χ1n) is 7.03. The topological polar surface area (TPSA) is 0 Å². The Balaban J connectivity index is -0.000000439. The van der Waals surface area contributed by atoms with E-state index >= 15 is 0 Å². The largest absolute Gasteiger partial charge is 0.0961 e. The van der Waals surface area contributed by atoms with Crippen LogP contribution in [0.15, 0.2) is 35.5 Å². The second-order valence-electron chi connectivity index (χ2n) is 3.73. The molecule has 17 heavy (non-hydrogen) atoms. The molecule has 0 aliphatic heterocycles. The molecule has 0 aromatic rings. The zero-order valence-corrected chi connectivity index (χ0v) is 13.6. The SMILES string of the molecule is C=C(C)/C=C(\C(C)=C/C)C(C)CC.CC.CC. The molecule has 0 aromatic heterocycles. The van der Waals surface area contributed by atoms with Gasteiger partial charge in [-0.25, -0.2) is 0 Å². The standard InChI is InChI=1S/C13H22.2C2H6/c1-7-11(5)13(9-10(3)4)12(6)8-2;2*1-2/h7,9,12H,3,8H2,1-2,4-6H3;2*1-2H3/b11-7-,13-9+;;. The molecular weight excluding hydrogens is 204 g/mol.